The van der Waals surface area contributed by atoms with Gasteiger partial charge in [0.15, 0.2) is 17.5 Å². The predicted octanol–water partition coefficient (Wildman–Crippen LogP) is 8.63. The monoisotopic (exact) mass is 884 g/mol. The maximum Gasteiger partial charge on any atom is 0.223 e. The number of aromatic nitrogens is 12. The van der Waals surface area contributed by atoms with Crippen molar-refractivity contribution in [3.63, 3.8) is 0 Å². The van der Waals surface area contributed by atoms with Crippen molar-refractivity contribution in [1.82, 2.24) is 65.1 Å². The summed E-state index contributed by atoms with van der Waals surface area (Å²) in [6.45, 7) is 9.48. The van der Waals surface area contributed by atoms with Gasteiger partial charge in [-0.1, -0.05) is 80.7 Å². The molecule has 0 radical (unpaired) electrons. The minimum Gasteiger partial charge on any atom is -0.368 e. The number of hydrogen-bond acceptors (Lipinski definition) is 16. The Labute approximate surface area is 388 Å². The van der Waals surface area contributed by atoms with E-state index in [1.165, 1.54) is 5.56 Å². The molecular weight excluding hydrogens is 837 g/mol. The van der Waals surface area contributed by atoms with Crippen LogP contribution in [0.2, 0.25) is 0 Å². The van der Waals surface area contributed by atoms with Crippen LogP contribution in [0.3, 0.4) is 0 Å². The average Bonchev–Trinajstić information content (AvgIpc) is 3.35. The third kappa shape index (κ3) is 11.6. The molecule has 0 saturated heterocycles. The topological polar surface area (TPSA) is 231 Å². The van der Waals surface area contributed by atoms with Crippen LogP contribution in [0.4, 0.5) is 17.6 Å². The number of nitrogens with one attached hydrogen (secondary N) is 1. The van der Waals surface area contributed by atoms with Gasteiger partial charge in [-0.15, -0.1) is 0 Å². The molecule has 2 aliphatic rings. The average molecular weight is 885 g/mol. The fraction of sp³-hybridized carbons (Fsp3) is 0.118. The number of pyridine rings is 4. The fourth-order valence-corrected chi connectivity index (χ4v) is 7.05. The van der Waals surface area contributed by atoms with Gasteiger partial charge >= 0.3 is 0 Å². The summed E-state index contributed by atoms with van der Waals surface area (Å²) >= 11 is 0. The molecule has 0 saturated carbocycles. The molecule has 11 rings (SSSR count). The quantitative estimate of drug-likeness (QED) is 0.150. The van der Waals surface area contributed by atoms with Gasteiger partial charge in [0.05, 0.1) is 22.8 Å². The van der Waals surface area contributed by atoms with E-state index < -0.39 is 0 Å². The first kappa shape index (κ1) is 46.0. The number of nitrogens with two attached hydrogens (primary N) is 2. The van der Waals surface area contributed by atoms with Crippen LogP contribution < -0.4 is 16.8 Å². The molecule has 0 spiro atoms. The van der Waals surface area contributed by atoms with E-state index in [2.05, 4.69) is 94.9 Å². The molecule has 0 unspecified atom stereocenters. The number of para-hydroxylation sites is 1. The van der Waals surface area contributed by atoms with Gasteiger partial charge in [-0.3, -0.25) is 19.9 Å². The molecule has 5 N–H and O–H groups in total. The lowest BCUT2D eigenvalue weighted by Crippen LogP contribution is -2.26. The summed E-state index contributed by atoms with van der Waals surface area (Å²) in [4.78, 5) is 55.0. The molecule has 332 valence electrons. The van der Waals surface area contributed by atoms with Gasteiger partial charge in [0.1, 0.15) is 34.6 Å². The van der Waals surface area contributed by atoms with Crippen molar-refractivity contribution in [1.29, 1.82) is 0 Å². The van der Waals surface area contributed by atoms with Gasteiger partial charge in [0, 0.05) is 47.2 Å². The van der Waals surface area contributed by atoms with Crippen molar-refractivity contribution in [2.45, 2.75) is 41.0 Å². The van der Waals surface area contributed by atoms with E-state index in [-0.39, 0.29) is 13.4 Å². The summed E-state index contributed by atoms with van der Waals surface area (Å²) in [5.74, 6) is 4.44. The second-order valence-electron chi connectivity index (χ2n) is 14.7. The summed E-state index contributed by atoms with van der Waals surface area (Å²) in [6.07, 6.45) is 8.85. The Bertz CT molecular complexity index is 2990. The lowest BCUT2D eigenvalue weighted by Gasteiger charge is -2.21. The number of aryl methyl sites for hydroxylation is 4. The number of nitrogen functional groups attached to an aromatic ring is 2. The van der Waals surface area contributed by atoms with Crippen LogP contribution >= 0.6 is 0 Å². The molecule has 0 bridgehead atoms. The van der Waals surface area contributed by atoms with Gasteiger partial charge < -0.3 is 16.8 Å². The second-order valence-corrected chi connectivity index (χ2v) is 14.7. The highest BCUT2D eigenvalue weighted by Gasteiger charge is 2.23. The lowest BCUT2D eigenvalue weighted by atomic mass is 9.87. The van der Waals surface area contributed by atoms with Crippen LogP contribution in [-0.4, -0.2) is 65.6 Å². The zero-order valence-corrected chi connectivity index (χ0v) is 36.4. The van der Waals surface area contributed by atoms with Gasteiger partial charge in [-0.05, 0) is 93.8 Å². The van der Waals surface area contributed by atoms with E-state index in [9.17, 15) is 0 Å². The van der Waals surface area contributed by atoms with Crippen LogP contribution in [0.5, 0.6) is 0 Å². The van der Waals surface area contributed by atoms with Crippen LogP contribution in [0.25, 0.3) is 51.4 Å². The Morgan fingerprint density at radius 2 is 0.940 bits per heavy atom. The minimum absolute atomic E-state index is 0. The standard InChI is InChI=1S/C17H14N4.C14H11N3.C10H10N4.C9H9N5.CH4/c18-17-20-15-12-6-2-1-5-11(12)8-9-13(15)16(21-17)14-7-3-4-10-19-14;1-10-11-6-2-3-7-12(11)17-14(16-10)13-8-4-5-9-15-13;1-7-12-8(2)14-10(13-7)9-5-3-4-6-11-9;1-6-12-8(14-9(10)13-6)7-4-2-3-5-11-7;/h1-7,10H,8-9H2,(H2,18,20,21);2-9H,1H2,(H,16,17);3-6H,1-2H3;2-5H,1H3,(H2,10,12,13,14);1H4. The van der Waals surface area contributed by atoms with Crippen molar-refractivity contribution >= 4 is 29.1 Å². The molecule has 0 amide bonds. The van der Waals surface area contributed by atoms with Crippen molar-refractivity contribution in [2.75, 3.05) is 11.5 Å². The third-order valence-corrected chi connectivity index (χ3v) is 9.90. The zero-order chi connectivity index (χ0) is 45.8. The van der Waals surface area contributed by atoms with Gasteiger partial charge in [0.25, 0.3) is 0 Å². The van der Waals surface area contributed by atoms with Crippen LogP contribution in [0.1, 0.15) is 47.3 Å². The Hall–Kier alpha value is -9.05. The number of amidine groups is 1. The number of aliphatic imine (C=N–C) groups is 1. The Morgan fingerprint density at radius 1 is 0.463 bits per heavy atom. The Morgan fingerprint density at radius 3 is 1.52 bits per heavy atom. The molecule has 67 heavy (non-hydrogen) atoms. The first-order valence-corrected chi connectivity index (χ1v) is 20.9. The molecule has 7 aromatic heterocycles. The van der Waals surface area contributed by atoms with E-state index in [0.717, 1.165) is 86.9 Å². The van der Waals surface area contributed by atoms with Crippen LogP contribution in [0.15, 0.2) is 158 Å². The Kier molecular flexibility index (Phi) is 14.8. The maximum atomic E-state index is 5.93. The third-order valence-electron chi connectivity index (χ3n) is 9.90. The van der Waals surface area contributed by atoms with Crippen molar-refractivity contribution < 1.29 is 0 Å². The van der Waals surface area contributed by atoms with E-state index in [0.29, 0.717) is 29.1 Å². The predicted molar refractivity (Wildman–Crippen MR) is 263 cm³/mol. The van der Waals surface area contributed by atoms with Gasteiger partial charge in [0.2, 0.25) is 11.9 Å². The second kappa shape index (κ2) is 21.6. The number of nitrogens with zero attached hydrogens (tertiary/aromatic N) is 13. The highest BCUT2D eigenvalue weighted by Crippen LogP contribution is 2.36. The van der Waals surface area contributed by atoms with Crippen molar-refractivity contribution in [3.05, 3.63) is 193 Å². The number of anilines is 2. The fourth-order valence-electron chi connectivity index (χ4n) is 7.05. The number of hydrogen-bond donors (Lipinski definition) is 3. The molecule has 1 aliphatic carbocycles. The van der Waals surface area contributed by atoms with Crippen molar-refractivity contribution in [2.24, 2.45) is 4.99 Å². The molecule has 16 heteroatoms. The molecule has 9 aromatic rings. The molecule has 16 nitrogen and oxygen atoms in total. The number of benzene rings is 2. The zero-order valence-electron chi connectivity index (χ0n) is 36.4. The highest BCUT2D eigenvalue weighted by molar-refractivity contribution is 6.06. The minimum atomic E-state index is 0. The summed E-state index contributed by atoms with van der Waals surface area (Å²) in [7, 11) is 0. The summed E-state index contributed by atoms with van der Waals surface area (Å²) in [5, 5.41) is 3.18. The van der Waals surface area contributed by atoms with Crippen LogP contribution in [-0.2, 0) is 12.8 Å². The van der Waals surface area contributed by atoms with Crippen molar-refractivity contribution in [3.8, 4) is 45.7 Å². The lowest BCUT2D eigenvalue weighted by molar-refractivity contribution is 0.915. The molecular formula is C51H48N16. The summed E-state index contributed by atoms with van der Waals surface area (Å²) in [5.41, 5.74) is 22.8. The molecule has 0 atom stereocenters. The SMILES string of the molecule is C.C=C1NC(c2ccccn2)=Nc2ccccc21.Cc1nc(C)nc(-c2ccccn2)n1.Cc1nc(N)nc(-c2ccccn2)n1.Nc1nc(-c2ccccn2)c2c(n1)-c1ccccc1CC2. The largest absolute Gasteiger partial charge is 0.368 e. The molecule has 0 fully saturated rings. The molecule has 8 heterocycles. The van der Waals surface area contributed by atoms with Crippen LogP contribution in [0, 0.1) is 20.8 Å². The van der Waals surface area contributed by atoms with Gasteiger partial charge in [-0.2, -0.15) is 9.97 Å². The molecule has 2 aromatic carbocycles. The molecule has 1 aliphatic heterocycles. The maximum absolute atomic E-state index is 5.93. The normalized spacial score (nSPS) is 11.6. The number of fused-ring (bicyclic) bond motifs is 4. The van der Waals surface area contributed by atoms with Gasteiger partial charge in [-0.25, -0.2) is 34.9 Å². The van der Waals surface area contributed by atoms with E-state index in [1.54, 1.807) is 31.7 Å². The highest BCUT2D eigenvalue weighted by atomic mass is 15.1. The smallest absolute Gasteiger partial charge is 0.223 e. The van der Waals surface area contributed by atoms with E-state index >= 15 is 0 Å². The summed E-state index contributed by atoms with van der Waals surface area (Å²) in [6, 6.07) is 39.0. The van der Waals surface area contributed by atoms with E-state index in [4.69, 9.17) is 11.5 Å². The Balaban J connectivity index is 0.000000134. The first-order chi connectivity index (χ1) is 32.2. The summed E-state index contributed by atoms with van der Waals surface area (Å²) < 4.78 is 0. The first-order valence-electron chi connectivity index (χ1n) is 20.9. The number of rotatable bonds is 4. The van der Waals surface area contributed by atoms with E-state index in [1.807, 2.05) is 117 Å².